The molecule has 2 heterocycles. The molecule has 1 N–H and O–H groups in total. The van der Waals surface area contributed by atoms with Crippen LogP contribution in [0.5, 0.6) is 0 Å². The van der Waals surface area contributed by atoms with Gasteiger partial charge in [0, 0.05) is 25.2 Å². The number of hydrogen-bond donors (Lipinski definition) is 1. The molecule has 9 heteroatoms. The van der Waals surface area contributed by atoms with E-state index >= 15 is 0 Å². The first kappa shape index (κ1) is 18.0. The van der Waals surface area contributed by atoms with Crippen molar-refractivity contribution >= 4 is 17.4 Å². The zero-order valence-electron chi connectivity index (χ0n) is 13.1. The Balaban J connectivity index is 1.98. The summed E-state index contributed by atoms with van der Waals surface area (Å²) >= 11 is 0.434. The number of thiazole rings is 1. The number of hydrogen-bond acceptors (Lipinski definition) is 5. The van der Waals surface area contributed by atoms with Crippen LogP contribution in [0.25, 0.3) is 0 Å². The molecule has 5 nitrogen and oxygen atoms in total. The van der Waals surface area contributed by atoms with Crippen molar-refractivity contribution in [3.05, 3.63) is 16.1 Å². The maximum atomic E-state index is 12.6. The Morgan fingerprint density at radius 1 is 1.48 bits per heavy atom. The molecule has 2 rings (SSSR count). The fourth-order valence-corrected chi connectivity index (χ4v) is 3.19. The standard InChI is InChI=1S/C14H19F3N2O3S/c1-13(2,3)22-12(21)19-5-4-8(7-19)10(20)9-6-18-11(23-9)14(15,16)17/h6,8,10,20H,4-5,7H2,1-3H3. The molecule has 1 fully saturated rings. The van der Waals surface area contributed by atoms with Crippen LogP contribution in [0.15, 0.2) is 6.20 Å². The Morgan fingerprint density at radius 2 is 2.13 bits per heavy atom. The summed E-state index contributed by atoms with van der Waals surface area (Å²) in [5, 5.41) is 9.28. The van der Waals surface area contributed by atoms with E-state index in [2.05, 4.69) is 4.98 Å². The lowest BCUT2D eigenvalue weighted by Crippen LogP contribution is -2.35. The second-order valence-corrected chi connectivity index (χ2v) is 7.55. The quantitative estimate of drug-likeness (QED) is 0.885. The molecular weight excluding hydrogens is 333 g/mol. The molecule has 1 aromatic heterocycles. The monoisotopic (exact) mass is 352 g/mol. The molecule has 2 unspecified atom stereocenters. The lowest BCUT2D eigenvalue weighted by atomic mass is 10.0. The van der Waals surface area contributed by atoms with Crippen molar-refractivity contribution in [1.29, 1.82) is 0 Å². The van der Waals surface area contributed by atoms with Gasteiger partial charge in [0.15, 0.2) is 5.01 Å². The fraction of sp³-hybridized carbons (Fsp3) is 0.714. The highest BCUT2D eigenvalue weighted by molar-refractivity contribution is 7.11. The van der Waals surface area contributed by atoms with Crippen molar-refractivity contribution in [3.8, 4) is 0 Å². The largest absolute Gasteiger partial charge is 0.444 e. The zero-order valence-corrected chi connectivity index (χ0v) is 13.9. The maximum absolute atomic E-state index is 12.6. The number of aliphatic hydroxyl groups excluding tert-OH is 1. The summed E-state index contributed by atoms with van der Waals surface area (Å²) < 4.78 is 42.9. The molecule has 130 valence electrons. The van der Waals surface area contributed by atoms with Crippen molar-refractivity contribution in [2.24, 2.45) is 5.92 Å². The molecule has 1 aliphatic heterocycles. The highest BCUT2D eigenvalue weighted by Gasteiger charge is 2.38. The number of amides is 1. The third-order valence-corrected chi connectivity index (χ3v) is 4.49. The maximum Gasteiger partial charge on any atom is 0.443 e. The molecule has 0 bridgehead atoms. The molecule has 1 amide bonds. The van der Waals surface area contributed by atoms with E-state index in [1.807, 2.05) is 0 Å². The van der Waals surface area contributed by atoms with E-state index in [-0.39, 0.29) is 17.3 Å². The molecule has 0 radical (unpaired) electrons. The molecule has 0 spiro atoms. The van der Waals surface area contributed by atoms with Crippen LogP contribution in [0.4, 0.5) is 18.0 Å². The first-order chi connectivity index (χ1) is 10.5. The minimum atomic E-state index is -4.51. The molecule has 1 aliphatic rings. The molecule has 1 aromatic rings. The van der Waals surface area contributed by atoms with Gasteiger partial charge in [0.05, 0.1) is 11.0 Å². The van der Waals surface area contributed by atoms with Crippen LogP contribution < -0.4 is 0 Å². The molecular formula is C14H19F3N2O3S. The fourth-order valence-electron chi connectivity index (χ4n) is 2.32. The van der Waals surface area contributed by atoms with Gasteiger partial charge in [-0.15, -0.1) is 11.3 Å². The molecule has 0 aliphatic carbocycles. The van der Waals surface area contributed by atoms with Gasteiger partial charge in [0.1, 0.15) is 5.60 Å². The van der Waals surface area contributed by atoms with Gasteiger partial charge in [0.2, 0.25) is 0 Å². The number of carbonyl (C=O) groups excluding carboxylic acids is 1. The third-order valence-electron chi connectivity index (χ3n) is 3.38. The minimum absolute atomic E-state index is 0.161. The second kappa shape index (κ2) is 6.27. The number of aromatic nitrogens is 1. The van der Waals surface area contributed by atoms with Crippen molar-refractivity contribution in [2.45, 2.75) is 45.1 Å². The molecule has 23 heavy (non-hydrogen) atoms. The van der Waals surface area contributed by atoms with Crippen molar-refractivity contribution < 1.29 is 27.8 Å². The van der Waals surface area contributed by atoms with Gasteiger partial charge in [-0.05, 0) is 27.2 Å². The average Bonchev–Trinajstić information content (AvgIpc) is 3.05. The van der Waals surface area contributed by atoms with E-state index in [9.17, 15) is 23.1 Å². The SMILES string of the molecule is CC(C)(C)OC(=O)N1CCC(C(O)c2cnc(C(F)(F)F)s2)C1. The van der Waals surface area contributed by atoms with Gasteiger partial charge in [-0.2, -0.15) is 13.2 Å². The number of halogens is 3. The van der Waals surface area contributed by atoms with Gasteiger partial charge in [-0.1, -0.05) is 0 Å². The summed E-state index contributed by atoms with van der Waals surface area (Å²) in [6.07, 6.45) is -4.52. The van der Waals surface area contributed by atoms with E-state index in [4.69, 9.17) is 4.74 Å². The smallest absolute Gasteiger partial charge is 0.443 e. The highest BCUT2D eigenvalue weighted by atomic mass is 32.1. The lowest BCUT2D eigenvalue weighted by Gasteiger charge is -2.24. The summed E-state index contributed by atoms with van der Waals surface area (Å²) in [7, 11) is 0. The molecule has 0 saturated carbocycles. The number of aliphatic hydroxyl groups is 1. The van der Waals surface area contributed by atoms with Crippen LogP contribution in [0.2, 0.25) is 0 Å². The van der Waals surface area contributed by atoms with Gasteiger partial charge in [-0.3, -0.25) is 0 Å². The van der Waals surface area contributed by atoms with E-state index < -0.39 is 29.0 Å². The number of rotatable bonds is 2. The number of likely N-dealkylation sites (tertiary alicyclic amines) is 1. The van der Waals surface area contributed by atoms with Gasteiger partial charge in [-0.25, -0.2) is 9.78 Å². The van der Waals surface area contributed by atoms with Gasteiger partial charge >= 0.3 is 12.3 Å². The first-order valence-corrected chi connectivity index (χ1v) is 7.98. The summed E-state index contributed by atoms with van der Waals surface area (Å²) in [6, 6.07) is 0. The van der Waals surface area contributed by atoms with Crippen LogP contribution in [-0.2, 0) is 10.9 Å². The second-order valence-electron chi connectivity index (χ2n) is 6.49. The number of carbonyl (C=O) groups is 1. The van der Waals surface area contributed by atoms with Gasteiger partial charge in [0.25, 0.3) is 0 Å². The molecule has 1 saturated heterocycles. The summed E-state index contributed by atoms with van der Waals surface area (Å²) in [5.74, 6) is -0.330. The Bertz CT molecular complexity index is 568. The third kappa shape index (κ3) is 4.57. The normalized spacial score (nSPS) is 20.7. The molecule has 0 aromatic carbocycles. The topological polar surface area (TPSA) is 62.7 Å². The average molecular weight is 352 g/mol. The van der Waals surface area contributed by atoms with E-state index in [1.54, 1.807) is 20.8 Å². The minimum Gasteiger partial charge on any atom is -0.444 e. The van der Waals surface area contributed by atoms with Crippen molar-refractivity contribution in [1.82, 2.24) is 9.88 Å². The van der Waals surface area contributed by atoms with Crippen LogP contribution in [0.3, 0.4) is 0 Å². The Hall–Kier alpha value is -1.35. The Labute approximate surface area is 136 Å². The predicted octanol–water partition coefficient (Wildman–Crippen LogP) is 3.45. The predicted molar refractivity (Wildman–Crippen MR) is 78.0 cm³/mol. The van der Waals surface area contributed by atoms with Crippen molar-refractivity contribution in [3.63, 3.8) is 0 Å². The van der Waals surface area contributed by atoms with E-state index in [0.717, 1.165) is 6.20 Å². The lowest BCUT2D eigenvalue weighted by molar-refractivity contribution is -0.137. The summed E-state index contributed by atoms with van der Waals surface area (Å²) in [5.41, 5.74) is -0.618. The van der Waals surface area contributed by atoms with E-state index in [0.29, 0.717) is 24.3 Å². The van der Waals surface area contributed by atoms with Crippen LogP contribution in [0, 0.1) is 5.92 Å². The summed E-state index contributed by atoms with van der Waals surface area (Å²) in [6.45, 7) is 5.91. The first-order valence-electron chi connectivity index (χ1n) is 7.16. The highest BCUT2D eigenvalue weighted by Crippen LogP contribution is 2.38. The zero-order chi connectivity index (χ0) is 17.4. The Kier molecular flexibility index (Phi) is 4.91. The number of nitrogens with zero attached hydrogens (tertiary/aromatic N) is 2. The number of alkyl halides is 3. The summed E-state index contributed by atoms with van der Waals surface area (Å²) in [4.78, 5) is 16.9. The molecule has 2 atom stereocenters. The van der Waals surface area contributed by atoms with Crippen molar-refractivity contribution in [2.75, 3.05) is 13.1 Å². The van der Waals surface area contributed by atoms with Crippen LogP contribution in [-0.4, -0.2) is 39.8 Å². The number of ether oxygens (including phenoxy) is 1. The van der Waals surface area contributed by atoms with Crippen LogP contribution in [0.1, 0.15) is 43.2 Å². The van der Waals surface area contributed by atoms with Gasteiger partial charge < -0.3 is 14.7 Å². The Morgan fingerprint density at radius 3 is 2.65 bits per heavy atom. The van der Waals surface area contributed by atoms with E-state index in [1.165, 1.54) is 4.90 Å². The van der Waals surface area contributed by atoms with Crippen LogP contribution >= 0.6 is 11.3 Å².